The first-order valence-electron chi connectivity index (χ1n) is 6.41. The lowest BCUT2D eigenvalue weighted by Crippen LogP contribution is -2.40. The Morgan fingerprint density at radius 3 is 3.00 bits per heavy atom. The summed E-state index contributed by atoms with van der Waals surface area (Å²) in [5.74, 6) is 0.631. The summed E-state index contributed by atoms with van der Waals surface area (Å²) < 4.78 is 4.94. The van der Waals surface area contributed by atoms with Gasteiger partial charge >= 0.3 is 0 Å². The number of carbonyl (C=O) groups excluding carboxylic acids is 1. The van der Waals surface area contributed by atoms with Crippen molar-refractivity contribution in [3.63, 3.8) is 0 Å². The van der Waals surface area contributed by atoms with Gasteiger partial charge in [-0.3, -0.25) is 4.79 Å². The van der Waals surface area contributed by atoms with E-state index in [0.29, 0.717) is 11.0 Å². The van der Waals surface area contributed by atoms with Gasteiger partial charge in [0, 0.05) is 13.7 Å². The Bertz CT molecular complexity index is 447. The fourth-order valence-corrected chi connectivity index (χ4v) is 2.70. The van der Waals surface area contributed by atoms with Crippen LogP contribution in [0.2, 0.25) is 5.15 Å². The van der Waals surface area contributed by atoms with Gasteiger partial charge in [0.25, 0.3) is 0 Å². The first kappa shape index (κ1) is 14.2. The number of aryl methyl sites for hydroxylation is 1. The molecular formula is C13H18ClN3O2. The molecule has 0 spiro atoms. The molecule has 1 saturated heterocycles. The van der Waals surface area contributed by atoms with Gasteiger partial charge in [0.15, 0.2) is 0 Å². The molecule has 6 heteroatoms. The van der Waals surface area contributed by atoms with E-state index in [2.05, 4.69) is 9.97 Å². The SMILES string of the molecule is COCC(=O)N1CCCCC1c1cc(Cl)nc(C)n1. The molecule has 5 nitrogen and oxygen atoms in total. The molecule has 0 aromatic carbocycles. The van der Waals surface area contributed by atoms with Crippen LogP contribution in [0.3, 0.4) is 0 Å². The highest BCUT2D eigenvalue weighted by Crippen LogP contribution is 2.30. The molecule has 104 valence electrons. The lowest BCUT2D eigenvalue weighted by Gasteiger charge is -2.35. The van der Waals surface area contributed by atoms with Crippen molar-refractivity contribution in [2.45, 2.75) is 32.2 Å². The summed E-state index contributed by atoms with van der Waals surface area (Å²) in [6.07, 6.45) is 3.01. The zero-order chi connectivity index (χ0) is 13.8. The van der Waals surface area contributed by atoms with Crippen molar-refractivity contribution in [3.05, 3.63) is 22.7 Å². The van der Waals surface area contributed by atoms with Gasteiger partial charge in [-0.05, 0) is 32.3 Å². The van der Waals surface area contributed by atoms with Gasteiger partial charge in [0.1, 0.15) is 17.6 Å². The van der Waals surface area contributed by atoms with Crippen molar-refractivity contribution >= 4 is 17.5 Å². The van der Waals surface area contributed by atoms with Gasteiger partial charge in [-0.1, -0.05) is 11.6 Å². The molecule has 2 heterocycles. The summed E-state index contributed by atoms with van der Waals surface area (Å²) >= 11 is 5.98. The zero-order valence-corrected chi connectivity index (χ0v) is 12.0. The highest BCUT2D eigenvalue weighted by Gasteiger charge is 2.29. The lowest BCUT2D eigenvalue weighted by molar-refractivity contribution is -0.139. The van der Waals surface area contributed by atoms with E-state index in [4.69, 9.17) is 16.3 Å². The van der Waals surface area contributed by atoms with Crippen LogP contribution in [0, 0.1) is 6.92 Å². The molecule has 0 N–H and O–H groups in total. The molecule has 19 heavy (non-hydrogen) atoms. The number of hydrogen-bond donors (Lipinski definition) is 0. The number of carbonyl (C=O) groups is 1. The molecule has 1 unspecified atom stereocenters. The van der Waals surface area contributed by atoms with E-state index in [1.807, 2.05) is 4.90 Å². The maximum absolute atomic E-state index is 12.1. The van der Waals surface area contributed by atoms with Crippen molar-refractivity contribution in [1.29, 1.82) is 0 Å². The Morgan fingerprint density at radius 1 is 1.53 bits per heavy atom. The summed E-state index contributed by atoms with van der Waals surface area (Å²) in [5.41, 5.74) is 0.821. The van der Waals surface area contributed by atoms with Crippen LogP contribution in [0.25, 0.3) is 0 Å². The number of methoxy groups -OCH3 is 1. The highest BCUT2D eigenvalue weighted by molar-refractivity contribution is 6.29. The number of hydrogen-bond acceptors (Lipinski definition) is 4. The molecule has 1 amide bonds. The third-order valence-electron chi connectivity index (χ3n) is 3.26. The van der Waals surface area contributed by atoms with E-state index in [0.717, 1.165) is 31.5 Å². The molecule has 1 aromatic rings. The Balaban J connectivity index is 2.25. The topological polar surface area (TPSA) is 55.3 Å². The monoisotopic (exact) mass is 283 g/mol. The molecule has 1 fully saturated rings. The van der Waals surface area contributed by atoms with E-state index in [-0.39, 0.29) is 18.6 Å². The van der Waals surface area contributed by atoms with Crippen LogP contribution in [-0.2, 0) is 9.53 Å². The molecule has 0 radical (unpaired) electrons. The molecule has 1 aliphatic rings. The summed E-state index contributed by atoms with van der Waals surface area (Å²) in [4.78, 5) is 22.4. The minimum Gasteiger partial charge on any atom is -0.375 e. The molecule has 2 rings (SSSR count). The number of amides is 1. The van der Waals surface area contributed by atoms with Crippen LogP contribution in [-0.4, -0.2) is 41.0 Å². The number of likely N-dealkylation sites (tertiary alicyclic amines) is 1. The van der Waals surface area contributed by atoms with Gasteiger partial charge in [-0.25, -0.2) is 9.97 Å². The molecule has 0 bridgehead atoms. The lowest BCUT2D eigenvalue weighted by atomic mass is 9.99. The van der Waals surface area contributed by atoms with Crippen LogP contribution in [0.15, 0.2) is 6.07 Å². The van der Waals surface area contributed by atoms with Crippen LogP contribution in [0.5, 0.6) is 0 Å². The van der Waals surface area contributed by atoms with E-state index in [1.54, 1.807) is 13.0 Å². The second-order valence-corrected chi connectivity index (χ2v) is 5.08. The summed E-state index contributed by atoms with van der Waals surface area (Å²) in [5, 5.41) is 0.423. The molecule has 0 aliphatic carbocycles. The normalized spacial score (nSPS) is 19.5. The third-order valence-corrected chi connectivity index (χ3v) is 3.45. The minimum atomic E-state index is -0.0180. The van der Waals surface area contributed by atoms with Gasteiger partial charge in [0.2, 0.25) is 5.91 Å². The Hall–Kier alpha value is -1.20. The van der Waals surface area contributed by atoms with Gasteiger partial charge in [0.05, 0.1) is 11.7 Å². The number of halogens is 1. The van der Waals surface area contributed by atoms with Gasteiger partial charge in [-0.15, -0.1) is 0 Å². The van der Waals surface area contributed by atoms with Crippen LogP contribution < -0.4 is 0 Å². The number of rotatable bonds is 3. The Kier molecular flexibility index (Phi) is 4.71. The van der Waals surface area contributed by atoms with E-state index in [1.165, 1.54) is 7.11 Å². The quantitative estimate of drug-likeness (QED) is 0.798. The molecule has 0 saturated carbocycles. The second-order valence-electron chi connectivity index (χ2n) is 4.69. The fourth-order valence-electron chi connectivity index (χ4n) is 2.47. The number of piperidine rings is 1. The fraction of sp³-hybridized carbons (Fsp3) is 0.615. The minimum absolute atomic E-state index is 0.000382. The summed E-state index contributed by atoms with van der Waals surface area (Å²) in [7, 11) is 1.53. The van der Waals surface area contributed by atoms with Crippen LogP contribution >= 0.6 is 11.6 Å². The predicted octanol–water partition coefficient (Wildman–Crippen LogP) is 2.14. The maximum Gasteiger partial charge on any atom is 0.249 e. The standard InChI is InChI=1S/C13H18ClN3O2/c1-9-15-10(7-12(14)16-9)11-5-3-4-6-17(11)13(18)8-19-2/h7,11H,3-6,8H2,1-2H3. The third kappa shape index (κ3) is 3.42. The smallest absolute Gasteiger partial charge is 0.249 e. The van der Waals surface area contributed by atoms with Gasteiger partial charge in [-0.2, -0.15) is 0 Å². The average molecular weight is 284 g/mol. The molecule has 1 aromatic heterocycles. The summed E-state index contributed by atoms with van der Waals surface area (Å²) in [6.45, 7) is 2.65. The van der Waals surface area contributed by atoms with E-state index in [9.17, 15) is 4.79 Å². The average Bonchev–Trinajstić information content (AvgIpc) is 2.38. The van der Waals surface area contributed by atoms with Gasteiger partial charge < -0.3 is 9.64 Å². The first-order valence-corrected chi connectivity index (χ1v) is 6.79. The number of ether oxygens (including phenoxy) is 1. The van der Waals surface area contributed by atoms with Crippen LogP contribution in [0.4, 0.5) is 0 Å². The van der Waals surface area contributed by atoms with Crippen molar-refractivity contribution in [2.24, 2.45) is 0 Å². The van der Waals surface area contributed by atoms with Crippen molar-refractivity contribution in [1.82, 2.24) is 14.9 Å². The Morgan fingerprint density at radius 2 is 2.32 bits per heavy atom. The van der Waals surface area contributed by atoms with Crippen molar-refractivity contribution < 1.29 is 9.53 Å². The first-order chi connectivity index (χ1) is 9.11. The van der Waals surface area contributed by atoms with Crippen LogP contribution in [0.1, 0.15) is 36.8 Å². The summed E-state index contributed by atoms with van der Waals surface area (Å²) in [6, 6.07) is 1.73. The van der Waals surface area contributed by atoms with Crippen molar-refractivity contribution in [3.8, 4) is 0 Å². The molecular weight excluding hydrogens is 266 g/mol. The predicted molar refractivity (Wildman–Crippen MR) is 72.0 cm³/mol. The maximum atomic E-state index is 12.1. The second kappa shape index (κ2) is 6.30. The molecule has 1 atom stereocenters. The molecule has 1 aliphatic heterocycles. The number of nitrogens with zero attached hydrogens (tertiary/aromatic N) is 3. The largest absolute Gasteiger partial charge is 0.375 e. The highest BCUT2D eigenvalue weighted by atomic mass is 35.5. The van der Waals surface area contributed by atoms with E-state index < -0.39 is 0 Å². The zero-order valence-electron chi connectivity index (χ0n) is 11.2. The van der Waals surface area contributed by atoms with Crippen molar-refractivity contribution in [2.75, 3.05) is 20.3 Å². The number of aromatic nitrogens is 2. The van der Waals surface area contributed by atoms with E-state index >= 15 is 0 Å². The Labute approximate surface area is 117 Å².